The first-order chi connectivity index (χ1) is 14.1. The largest absolute Gasteiger partial charge is 0.376 e. The van der Waals surface area contributed by atoms with Gasteiger partial charge in [-0.25, -0.2) is 0 Å². The highest BCUT2D eigenvalue weighted by Gasteiger charge is 2.18. The molecule has 1 aliphatic heterocycles. The molecular weight excluding hydrogens is 404 g/mol. The number of ether oxygens (including phenoxy) is 1. The highest BCUT2D eigenvalue weighted by atomic mass is 32.2. The van der Waals surface area contributed by atoms with Gasteiger partial charge in [0.15, 0.2) is 10.1 Å². The predicted octanol–water partition coefficient (Wildman–Crippen LogP) is 4.51. The number of anilines is 1. The second-order valence-corrected chi connectivity index (χ2v) is 9.26. The van der Waals surface area contributed by atoms with Gasteiger partial charge in [0.1, 0.15) is 0 Å². The third-order valence-corrected chi connectivity index (χ3v) is 7.00. The molecule has 6 nitrogen and oxygen atoms in total. The van der Waals surface area contributed by atoms with Gasteiger partial charge in [-0.3, -0.25) is 4.79 Å². The number of benzene rings is 1. The molecule has 3 heterocycles. The van der Waals surface area contributed by atoms with Crippen LogP contribution in [0.1, 0.15) is 34.6 Å². The fourth-order valence-electron chi connectivity index (χ4n) is 3.57. The number of Topliss-reactive ketones (excluding diaryl/α,β-unsaturated/α-hetero) is 1. The molecule has 1 aromatic carbocycles. The van der Waals surface area contributed by atoms with Crippen LogP contribution in [0, 0.1) is 13.8 Å². The first-order valence-corrected chi connectivity index (χ1v) is 11.5. The van der Waals surface area contributed by atoms with Gasteiger partial charge in [0.2, 0.25) is 5.13 Å². The Morgan fingerprint density at radius 2 is 2.14 bits per heavy atom. The zero-order valence-corrected chi connectivity index (χ0v) is 18.2. The van der Waals surface area contributed by atoms with Crippen LogP contribution in [0.5, 0.6) is 0 Å². The van der Waals surface area contributed by atoms with Crippen LogP contribution in [0.4, 0.5) is 5.13 Å². The molecule has 4 rings (SSSR count). The minimum absolute atomic E-state index is 0.106. The van der Waals surface area contributed by atoms with E-state index < -0.39 is 0 Å². The molecule has 0 unspecified atom stereocenters. The topological polar surface area (TPSA) is 69.0 Å². The Balaban J connectivity index is 1.37. The SMILES string of the molecule is Cc1cc(C(=O)CSc2nnc(NC[C@@H]3CCCO3)s2)c(C)n1-c1ccccc1. The van der Waals surface area contributed by atoms with Gasteiger partial charge in [0.25, 0.3) is 0 Å². The lowest BCUT2D eigenvalue weighted by Crippen LogP contribution is -2.18. The Hall–Kier alpha value is -2.16. The fraction of sp³-hybridized carbons (Fsp3) is 0.381. The minimum Gasteiger partial charge on any atom is -0.376 e. The molecule has 1 aliphatic rings. The van der Waals surface area contributed by atoms with E-state index in [4.69, 9.17) is 4.74 Å². The number of aromatic nitrogens is 3. The zero-order valence-electron chi connectivity index (χ0n) is 16.6. The Kier molecular flexibility index (Phi) is 6.32. The van der Waals surface area contributed by atoms with Crippen molar-refractivity contribution in [3.8, 4) is 5.69 Å². The molecule has 2 aromatic heterocycles. The maximum Gasteiger partial charge on any atom is 0.206 e. The van der Waals surface area contributed by atoms with Crippen LogP contribution < -0.4 is 5.32 Å². The number of aryl methyl sites for hydroxylation is 1. The molecule has 3 aromatic rings. The van der Waals surface area contributed by atoms with Crippen molar-refractivity contribution in [1.29, 1.82) is 0 Å². The van der Waals surface area contributed by atoms with Crippen LogP contribution in [-0.4, -0.2) is 45.6 Å². The predicted molar refractivity (Wildman–Crippen MR) is 118 cm³/mol. The summed E-state index contributed by atoms with van der Waals surface area (Å²) in [5.41, 5.74) is 3.86. The molecule has 0 amide bonds. The van der Waals surface area contributed by atoms with E-state index in [0.717, 1.165) is 58.1 Å². The Morgan fingerprint density at radius 1 is 1.31 bits per heavy atom. The van der Waals surface area contributed by atoms with Gasteiger partial charge < -0.3 is 14.6 Å². The summed E-state index contributed by atoms with van der Waals surface area (Å²) < 4.78 is 8.52. The summed E-state index contributed by atoms with van der Waals surface area (Å²) in [6.07, 6.45) is 2.47. The minimum atomic E-state index is 0.106. The van der Waals surface area contributed by atoms with E-state index in [2.05, 4.69) is 32.2 Å². The van der Waals surface area contributed by atoms with Crippen LogP contribution >= 0.6 is 23.1 Å². The van der Waals surface area contributed by atoms with E-state index in [1.165, 1.54) is 23.1 Å². The summed E-state index contributed by atoms with van der Waals surface area (Å²) >= 11 is 2.92. The van der Waals surface area contributed by atoms with Crippen molar-refractivity contribution in [3.05, 3.63) is 53.3 Å². The molecule has 1 N–H and O–H groups in total. The lowest BCUT2D eigenvalue weighted by Gasteiger charge is -2.09. The van der Waals surface area contributed by atoms with Crippen LogP contribution in [0.15, 0.2) is 40.7 Å². The maximum absolute atomic E-state index is 12.8. The van der Waals surface area contributed by atoms with Gasteiger partial charge in [0, 0.05) is 35.8 Å². The lowest BCUT2D eigenvalue weighted by molar-refractivity contribution is 0.102. The normalized spacial score (nSPS) is 16.3. The summed E-state index contributed by atoms with van der Waals surface area (Å²) in [4.78, 5) is 12.8. The third-order valence-electron chi connectivity index (χ3n) is 4.98. The van der Waals surface area contributed by atoms with Crippen LogP contribution in [0.25, 0.3) is 5.69 Å². The molecule has 8 heteroatoms. The molecular formula is C21H24N4O2S2. The number of carbonyl (C=O) groups excluding carboxylic acids is 1. The summed E-state index contributed by atoms with van der Waals surface area (Å²) in [5.74, 6) is 0.453. The summed E-state index contributed by atoms with van der Waals surface area (Å²) in [7, 11) is 0. The van der Waals surface area contributed by atoms with E-state index in [9.17, 15) is 4.79 Å². The van der Waals surface area contributed by atoms with Crippen molar-refractivity contribution < 1.29 is 9.53 Å². The van der Waals surface area contributed by atoms with Crippen molar-refractivity contribution in [2.24, 2.45) is 0 Å². The molecule has 29 heavy (non-hydrogen) atoms. The molecule has 0 bridgehead atoms. The lowest BCUT2D eigenvalue weighted by atomic mass is 10.2. The van der Waals surface area contributed by atoms with E-state index in [1.807, 2.05) is 38.1 Å². The highest BCUT2D eigenvalue weighted by Crippen LogP contribution is 2.28. The van der Waals surface area contributed by atoms with E-state index in [-0.39, 0.29) is 11.9 Å². The smallest absolute Gasteiger partial charge is 0.206 e. The molecule has 0 saturated carbocycles. The van der Waals surface area contributed by atoms with Gasteiger partial charge in [0.05, 0.1) is 11.9 Å². The molecule has 1 fully saturated rings. The number of rotatable bonds is 8. The first kappa shape index (κ1) is 20.1. The average Bonchev–Trinajstić information content (AvgIpc) is 3.46. The van der Waals surface area contributed by atoms with Gasteiger partial charge in [-0.1, -0.05) is 41.3 Å². The highest BCUT2D eigenvalue weighted by molar-refractivity contribution is 8.01. The number of hydrogen-bond donors (Lipinski definition) is 1. The number of nitrogens with zero attached hydrogens (tertiary/aromatic N) is 3. The summed E-state index contributed by atoms with van der Waals surface area (Å²) in [5, 5.41) is 12.4. The fourth-order valence-corrected chi connectivity index (χ4v) is 5.21. The standard InChI is InChI=1S/C21H24N4O2S2/c1-14-11-18(15(2)25(14)16-7-4-3-5-8-16)19(26)13-28-21-24-23-20(29-21)22-12-17-9-6-10-27-17/h3-5,7-8,11,17H,6,9-10,12-13H2,1-2H3,(H,22,23)/t17-/m0/s1. The van der Waals surface area contributed by atoms with E-state index in [0.29, 0.717) is 5.75 Å². The van der Waals surface area contributed by atoms with Crippen LogP contribution in [-0.2, 0) is 4.74 Å². The van der Waals surface area contributed by atoms with Crippen molar-refractivity contribution in [1.82, 2.24) is 14.8 Å². The monoisotopic (exact) mass is 428 g/mol. The first-order valence-electron chi connectivity index (χ1n) is 9.71. The Labute approximate surface area is 178 Å². The van der Waals surface area contributed by atoms with Crippen LogP contribution in [0.3, 0.4) is 0 Å². The van der Waals surface area contributed by atoms with Crippen molar-refractivity contribution in [2.75, 3.05) is 24.2 Å². The maximum atomic E-state index is 12.8. The van der Waals surface area contributed by atoms with E-state index >= 15 is 0 Å². The number of hydrogen-bond acceptors (Lipinski definition) is 7. The molecule has 0 spiro atoms. The molecule has 0 aliphatic carbocycles. The molecule has 1 atom stereocenters. The Morgan fingerprint density at radius 3 is 2.90 bits per heavy atom. The van der Waals surface area contributed by atoms with Crippen molar-refractivity contribution >= 4 is 34.0 Å². The average molecular weight is 429 g/mol. The second kappa shape index (κ2) is 9.11. The van der Waals surface area contributed by atoms with Gasteiger partial charge in [-0.2, -0.15) is 0 Å². The van der Waals surface area contributed by atoms with Gasteiger partial charge in [-0.05, 0) is 44.9 Å². The quantitative estimate of drug-likeness (QED) is 0.420. The number of para-hydroxylation sites is 1. The number of nitrogens with one attached hydrogen (secondary N) is 1. The van der Waals surface area contributed by atoms with Gasteiger partial charge >= 0.3 is 0 Å². The second-order valence-electron chi connectivity index (χ2n) is 7.06. The summed E-state index contributed by atoms with van der Waals surface area (Å²) in [6.45, 7) is 5.62. The van der Waals surface area contributed by atoms with Gasteiger partial charge in [-0.15, -0.1) is 10.2 Å². The third kappa shape index (κ3) is 4.71. The summed E-state index contributed by atoms with van der Waals surface area (Å²) in [6, 6.07) is 12.1. The van der Waals surface area contributed by atoms with Crippen LogP contribution in [0.2, 0.25) is 0 Å². The number of thioether (sulfide) groups is 1. The van der Waals surface area contributed by atoms with Crippen molar-refractivity contribution in [2.45, 2.75) is 37.1 Å². The molecule has 0 radical (unpaired) electrons. The molecule has 152 valence electrons. The molecule has 1 saturated heterocycles. The number of ketones is 1. The van der Waals surface area contributed by atoms with Crippen molar-refractivity contribution in [3.63, 3.8) is 0 Å². The number of carbonyl (C=O) groups is 1. The zero-order chi connectivity index (χ0) is 20.2. The van der Waals surface area contributed by atoms with E-state index in [1.54, 1.807) is 0 Å². The Bertz CT molecular complexity index is 978.